The van der Waals surface area contributed by atoms with Crippen molar-refractivity contribution in [3.63, 3.8) is 0 Å². The summed E-state index contributed by atoms with van der Waals surface area (Å²) in [5.41, 5.74) is 3.77. The Kier molecular flexibility index (Phi) is 5.38. The van der Waals surface area contributed by atoms with Gasteiger partial charge in [0.25, 0.3) is 0 Å². The maximum Gasteiger partial charge on any atom is 0.203 e. The summed E-state index contributed by atoms with van der Waals surface area (Å²) in [6.45, 7) is 4.39. The molecule has 3 heterocycles. The largest absolute Gasteiger partial charge is 0.490 e. The average Bonchev–Trinajstić information content (AvgIpc) is 3.18. The Balaban J connectivity index is 1.62. The second kappa shape index (κ2) is 8.28. The maximum absolute atomic E-state index is 12.4. The molecule has 0 amide bonds. The Morgan fingerprint density at radius 3 is 2.77 bits per heavy atom. The number of rotatable bonds is 6. The number of aromatic nitrogens is 6. The van der Waals surface area contributed by atoms with Crippen LogP contribution >= 0.6 is 0 Å². The Morgan fingerprint density at radius 2 is 2.03 bits per heavy atom. The summed E-state index contributed by atoms with van der Waals surface area (Å²) in [6, 6.07) is 9.36. The van der Waals surface area contributed by atoms with Gasteiger partial charge in [-0.2, -0.15) is 10.2 Å². The molecule has 0 aliphatic carbocycles. The summed E-state index contributed by atoms with van der Waals surface area (Å²) in [7, 11) is 1.84. The average molecular weight is 402 g/mol. The van der Waals surface area contributed by atoms with Crippen LogP contribution in [0.25, 0.3) is 17.1 Å². The van der Waals surface area contributed by atoms with Crippen molar-refractivity contribution < 1.29 is 4.74 Å². The first-order chi connectivity index (χ1) is 14.5. The fourth-order valence-corrected chi connectivity index (χ4v) is 3.15. The van der Waals surface area contributed by atoms with Crippen LogP contribution in [-0.4, -0.2) is 36.1 Å². The first kappa shape index (κ1) is 19.5. The minimum atomic E-state index is -0.103. The molecule has 4 aromatic rings. The molecule has 152 valence electrons. The molecule has 3 aromatic heterocycles. The van der Waals surface area contributed by atoms with Crippen molar-refractivity contribution in [1.82, 2.24) is 29.5 Å². The number of ether oxygens (including phenoxy) is 1. The molecule has 0 N–H and O–H groups in total. The highest BCUT2D eigenvalue weighted by atomic mass is 16.5. The van der Waals surface area contributed by atoms with E-state index in [1.54, 1.807) is 28.0 Å². The fourth-order valence-electron chi connectivity index (χ4n) is 3.15. The summed E-state index contributed by atoms with van der Waals surface area (Å²) >= 11 is 0. The number of hydrogen-bond donors (Lipinski definition) is 0. The van der Waals surface area contributed by atoms with E-state index in [0.29, 0.717) is 30.3 Å². The van der Waals surface area contributed by atoms with Crippen LogP contribution < -0.4 is 10.2 Å². The Morgan fingerprint density at radius 1 is 1.17 bits per heavy atom. The second-order valence-electron chi connectivity index (χ2n) is 6.90. The number of hydrogen-bond acceptors (Lipinski definition) is 6. The molecule has 0 saturated carbocycles. The number of nitrogens with zero attached hydrogens (tertiary/aromatic N) is 6. The standard InChI is InChI=1S/C22H22N6O2/c1-4-30-21-13-23-22(25-15(21)2)17-7-5-6-16(10-17)11-19-20(29)8-9-28(26-19)18-12-24-27(3)14-18/h5-10,12-14H,4,11H2,1-3H3. The Bertz CT molecular complexity index is 1240. The molecule has 0 spiro atoms. The van der Waals surface area contributed by atoms with E-state index >= 15 is 0 Å². The zero-order valence-corrected chi connectivity index (χ0v) is 17.1. The van der Waals surface area contributed by atoms with Crippen LogP contribution in [0.2, 0.25) is 0 Å². The quantitative estimate of drug-likeness (QED) is 0.493. The van der Waals surface area contributed by atoms with Gasteiger partial charge in [0.2, 0.25) is 5.43 Å². The first-order valence-electron chi connectivity index (χ1n) is 9.67. The van der Waals surface area contributed by atoms with Gasteiger partial charge in [-0.15, -0.1) is 0 Å². The predicted octanol–water partition coefficient (Wildman–Crippen LogP) is 2.72. The van der Waals surface area contributed by atoms with Gasteiger partial charge in [-0.25, -0.2) is 14.6 Å². The molecular weight excluding hydrogens is 380 g/mol. The van der Waals surface area contributed by atoms with E-state index in [-0.39, 0.29) is 5.43 Å². The first-order valence-corrected chi connectivity index (χ1v) is 9.67. The minimum absolute atomic E-state index is 0.103. The van der Waals surface area contributed by atoms with Crippen molar-refractivity contribution >= 4 is 0 Å². The predicted molar refractivity (Wildman–Crippen MR) is 113 cm³/mol. The highest BCUT2D eigenvalue weighted by Crippen LogP contribution is 2.21. The summed E-state index contributed by atoms with van der Waals surface area (Å²) in [4.78, 5) is 21.4. The maximum atomic E-state index is 12.4. The molecule has 8 nitrogen and oxygen atoms in total. The SMILES string of the molecule is CCOc1cnc(-c2cccc(Cc3nn(-c4cnn(C)c4)ccc3=O)c2)nc1C. The molecule has 1 aromatic carbocycles. The van der Waals surface area contributed by atoms with E-state index in [0.717, 1.165) is 22.5 Å². The topological polar surface area (TPSA) is 87.7 Å². The fraction of sp³-hybridized carbons (Fsp3) is 0.227. The number of aryl methyl sites for hydroxylation is 2. The van der Waals surface area contributed by atoms with Crippen molar-refractivity contribution in [2.75, 3.05) is 6.61 Å². The monoisotopic (exact) mass is 402 g/mol. The molecule has 0 bridgehead atoms. The third kappa shape index (κ3) is 4.12. The zero-order chi connectivity index (χ0) is 21.1. The third-order valence-electron chi connectivity index (χ3n) is 4.63. The van der Waals surface area contributed by atoms with Crippen LogP contribution in [0.4, 0.5) is 0 Å². The summed E-state index contributed by atoms with van der Waals surface area (Å²) in [6.07, 6.45) is 7.29. The van der Waals surface area contributed by atoms with Gasteiger partial charge >= 0.3 is 0 Å². The van der Waals surface area contributed by atoms with Crippen LogP contribution in [0.15, 0.2) is 59.9 Å². The highest BCUT2D eigenvalue weighted by molar-refractivity contribution is 5.57. The van der Waals surface area contributed by atoms with E-state index in [1.807, 2.05) is 51.4 Å². The molecule has 30 heavy (non-hydrogen) atoms. The normalized spacial score (nSPS) is 10.9. The van der Waals surface area contributed by atoms with Crippen LogP contribution in [0.5, 0.6) is 5.75 Å². The molecule has 0 aliphatic rings. The van der Waals surface area contributed by atoms with Crippen LogP contribution in [0, 0.1) is 6.92 Å². The van der Waals surface area contributed by atoms with Gasteiger partial charge in [0.15, 0.2) is 11.6 Å². The summed E-state index contributed by atoms with van der Waals surface area (Å²) in [5, 5.41) is 8.66. The summed E-state index contributed by atoms with van der Waals surface area (Å²) < 4.78 is 8.87. The van der Waals surface area contributed by atoms with Gasteiger partial charge in [0.1, 0.15) is 11.4 Å². The van der Waals surface area contributed by atoms with Gasteiger partial charge in [-0.1, -0.05) is 18.2 Å². The molecule has 8 heteroatoms. The van der Waals surface area contributed by atoms with Gasteiger partial charge < -0.3 is 4.74 Å². The minimum Gasteiger partial charge on any atom is -0.490 e. The molecule has 0 aliphatic heterocycles. The van der Waals surface area contributed by atoms with Gasteiger partial charge in [0.05, 0.1) is 30.9 Å². The van der Waals surface area contributed by atoms with Crippen molar-refractivity contribution in [1.29, 1.82) is 0 Å². The molecular formula is C22H22N6O2. The zero-order valence-electron chi connectivity index (χ0n) is 17.1. The highest BCUT2D eigenvalue weighted by Gasteiger charge is 2.10. The molecule has 0 radical (unpaired) electrons. The van der Waals surface area contributed by atoms with Gasteiger partial charge in [-0.05, 0) is 25.5 Å². The van der Waals surface area contributed by atoms with E-state index in [2.05, 4.69) is 20.2 Å². The Hall–Kier alpha value is -3.81. The lowest BCUT2D eigenvalue weighted by molar-refractivity contribution is 0.334. The van der Waals surface area contributed by atoms with Gasteiger partial charge in [0, 0.05) is 31.3 Å². The van der Waals surface area contributed by atoms with Crippen molar-refractivity contribution in [2.45, 2.75) is 20.3 Å². The van der Waals surface area contributed by atoms with E-state index in [9.17, 15) is 4.79 Å². The lowest BCUT2D eigenvalue weighted by atomic mass is 10.1. The van der Waals surface area contributed by atoms with Crippen molar-refractivity contribution in [3.05, 3.63) is 82.3 Å². The van der Waals surface area contributed by atoms with E-state index in [1.165, 1.54) is 6.07 Å². The van der Waals surface area contributed by atoms with Crippen LogP contribution in [-0.2, 0) is 13.5 Å². The number of benzene rings is 1. The van der Waals surface area contributed by atoms with E-state index < -0.39 is 0 Å². The molecule has 4 rings (SSSR count). The lowest BCUT2D eigenvalue weighted by Crippen LogP contribution is -2.16. The third-order valence-corrected chi connectivity index (χ3v) is 4.63. The molecule has 0 saturated heterocycles. The smallest absolute Gasteiger partial charge is 0.203 e. The van der Waals surface area contributed by atoms with Crippen molar-refractivity contribution in [2.24, 2.45) is 7.05 Å². The van der Waals surface area contributed by atoms with E-state index in [4.69, 9.17) is 4.74 Å². The van der Waals surface area contributed by atoms with Crippen molar-refractivity contribution in [3.8, 4) is 22.8 Å². The molecule has 0 atom stereocenters. The summed E-state index contributed by atoms with van der Waals surface area (Å²) in [5.74, 6) is 1.30. The molecule has 0 fully saturated rings. The van der Waals surface area contributed by atoms with Gasteiger partial charge in [-0.3, -0.25) is 9.48 Å². The van der Waals surface area contributed by atoms with Crippen LogP contribution in [0.1, 0.15) is 23.9 Å². The second-order valence-corrected chi connectivity index (χ2v) is 6.90. The van der Waals surface area contributed by atoms with Crippen LogP contribution in [0.3, 0.4) is 0 Å². The molecule has 0 unspecified atom stereocenters. The lowest BCUT2D eigenvalue weighted by Gasteiger charge is -2.09. The Labute approximate surface area is 173 Å².